The summed E-state index contributed by atoms with van der Waals surface area (Å²) in [5.74, 6) is 0.369. The van der Waals surface area contributed by atoms with E-state index in [1.54, 1.807) is 17.9 Å². The number of hydrogen-bond acceptors (Lipinski definition) is 3. The van der Waals surface area contributed by atoms with Crippen molar-refractivity contribution in [3.63, 3.8) is 0 Å². The van der Waals surface area contributed by atoms with Crippen LogP contribution in [0.2, 0.25) is 0 Å². The lowest BCUT2D eigenvalue weighted by atomic mass is 10.1. The molecule has 128 valence electrons. The molecule has 2 rings (SSSR count). The van der Waals surface area contributed by atoms with E-state index in [-0.39, 0.29) is 10.8 Å². The topological polar surface area (TPSA) is 66.5 Å². The molecular weight excluding hydrogens is 380 g/mol. The number of nitrogens with zero attached hydrogens (tertiary/aromatic N) is 1. The highest BCUT2D eigenvalue weighted by atomic mass is 79.9. The molecule has 0 saturated heterocycles. The van der Waals surface area contributed by atoms with Gasteiger partial charge >= 0.3 is 0 Å². The zero-order valence-corrected chi connectivity index (χ0v) is 16.1. The van der Waals surface area contributed by atoms with Crippen LogP contribution in [0.25, 0.3) is 0 Å². The summed E-state index contributed by atoms with van der Waals surface area (Å²) in [6, 6.07) is 3.48. The maximum atomic E-state index is 12.7. The molecule has 0 saturated carbocycles. The lowest BCUT2D eigenvalue weighted by Crippen LogP contribution is -2.31. The first-order valence-corrected chi connectivity index (χ1v) is 10.2. The highest BCUT2D eigenvalue weighted by Crippen LogP contribution is 2.37. The predicted molar refractivity (Wildman–Crippen MR) is 95.1 cm³/mol. The predicted octanol–water partition coefficient (Wildman–Crippen LogP) is 3.07. The van der Waals surface area contributed by atoms with E-state index in [1.807, 2.05) is 19.9 Å². The van der Waals surface area contributed by atoms with E-state index in [2.05, 4.69) is 20.7 Å². The Morgan fingerprint density at radius 1 is 1.39 bits per heavy atom. The molecule has 0 bridgehead atoms. The monoisotopic (exact) mass is 402 g/mol. The number of carbonyl (C=O) groups is 1. The zero-order valence-electron chi connectivity index (χ0n) is 13.7. The Labute approximate surface area is 146 Å². The minimum absolute atomic E-state index is 0.0512. The fourth-order valence-electron chi connectivity index (χ4n) is 2.67. The summed E-state index contributed by atoms with van der Waals surface area (Å²) < 4.78 is 28.8. The van der Waals surface area contributed by atoms with E-state index >= 15 is 0 Å². The van der Waals surface area contributed by atoms with Gasteiger partial charge in [0.05, 0.1) is 5.69 Å². The van der Waals surface area contributed by atoms with Crippen molar-refractivity contribution >= 4 is 37.5 Å². The van der Waals surface area contributed by atoms with Gasteiger partial charge in [-0.3, -0.25) is 4.79 Å². The van der Waals surface area contributed by atoms with Crippen LogP contribution in [-0.2, 0) is 21.2 Å². The normalized spacial score (nSPS) is 14.4. The van der Waals surface area contributed by atoms with Gasteiger partial charge in [-0.2, -0.15) is 0 Å². The molecule has 0 atom stereocenters. The third-order valence-corrected chi connectivity index (χ3v) is 5.83. The van der Waals surface area contributed by atoms with E-state index in [0.717, 1.165) is 12.0 Å². The lowest BCUT2D eigenvalue weighted by molar-refractivity contribution is -0.118. The van der Waals surface area contributed by atoms with Gasteiger partial charge in [-0.15, -0.1) is 0 Å². The summed E-state index contributed by atoms with van der Waals surface area (Å²) in [6.07, 6.45) is 1.80. The molecular formula is C16H23BrN2O3S. The number of halogens is 1. The highest BCUT2D eigenvalue weighted by molar-refractivity contribution is 9.10. The van der Waals surface area contributed by atoms with Crippen molar-refractivity contribution in [2.45, 2.75) is 44.9 Å². The van der Waals surface area contributed by atoms with E-state index < -0.39 is 10.0 Å². The maximum Gasteiger partial charge on any atom is 0.242 e. The molecule has 5 nitrogen and oxygen atoms in total. The molecule has 0 aromatic heterocycles. The Balaban J connectivity index is 2.41. The van der Waals surface area contributed by atoms with Crippen LogP contribution in [0.1, 0.15) is 39.2 Å². The molecule has 0 radical (unpaired) electrons. The Morgan fingerprint density at radius 2 is 2.09 bits per heavy atom. The quantitative estimate of drug-likeness (QED) is 0.794. The van der Waals surface area contributed by atoms with Crippen LogP contribution in [0.5, 0.6) is 0 Å². The number of sulfonamides is 1. The smallest absolute Gasteiger partial charge is 0.242 e. The molecule has 1 amide bonds. The first-order chi connectivity index (χ1) is 10.8. The summed E-state index contributed by atoms with van der Waals surface area (Å²) in [5, 5.41) is 0. The highest BCUT2D eigenvalue weighted by Gasteiger charge is 2.31. The van der Waals surface area contributed by atoms with Crippen molar-refractivity contribution in [1.29, 1.82) is 0 Å². The van der Waals surface area contributed by atoms with Crippen molar-refractivity contribution in [3.05, 3.63) is 22.2 Å². The van der Waals surface area contributed by atoms with Gasteiger partial charge < -0.3 is 4.90 Å². The van der Waals surface area contributed by atoms with Crippen LogP contribution in [0.3, 0.4) is 0 Å². The zero-order chi connectivity index (χ0) is 17.2. The molecule has 23 heavy (non-hydrogen) atoms. The standard InChI is InChI=1S/C16H23BrN2O3S/c1-4-15(20)19-8-6-12-9-13(17)10-14(16(12)19)23(21,22)18-7-5-11(2)3/h9-11,18H,4-8H2,1-3H3. The van der Waals surface area contributed by atoms with Gasteiger partial charge in [0.25, 0.3) is 0 Å². The van der Waals surface area contributed by atoms with E-state index in [0.29, 0.717) is 42.0 Å². The SMILES string of the molecule is CCC(=O)N1CCc2cc(Br)cc(S(=O)(=O)NCCC(C)C)c21. The summed E-state index contributed by atoms with van der Waals surface area (Å²) in [4.78, 5) is 13.9. The van der Waals surface area contributed by atoms with Crippen molar-refractivity contribution in [3.8, 4) is 0 Å². The van der Waals surface area contributed by atoms with Gasteiger partial charge in [-0.25, -0.2) is 13.1 Å². The molecule has 1 aromatic rings. The Morgan fingerprint density at radius 3 is 2.70 bits per heavy atom. The molecule has 7 heteroatoms. The fourth-order valence-corrected chi connectivity index (χ4v) is 4.65. The minimum atomic E-state index is -3.65. The molecule has 1 aliphatic heterocycles. The average Bonchev–Trinajstić information content (AvgIpc) is 2.88. The summed E-state index contributed by atoms with van der Waals surface area (Å²) in [6.45, 7) is 6.81. The third-order valence-electron chi connectivity index (χ3n) is 3.90. The number of fused-ring (bicyclic) bond motifs is 1. The minimum Gasteiger partial charge on any atom is -0.310 e. The van der Waals surface area contributed by atoms with Crippen LogP contribution in [0.4, 0.5) is 5.69 Å². The van der Waals surface area contributed by atoms with Crippen LogP contribution < -0.4 is 9.62 Å². The first-order valence-electron chi connectivity index (χ1n) is 7.88. The van der Waals surface area contributed by atoms with Crippen molar-refractivity contribution < 1.29 is 13.2 Å². The second-order valence-electron chi connectivity index (χ2n) is 6.14. The molecule has 0 fully saturated rings. The fraction of sp³-hybridized carbons (Fsp3) is 0.562. The van der Waals surface area contributed by atoms with Crippen molar-refractivity contribution in [1.82, 2.24) is 4.72 Å². The van der Waals surface area contributed by atoms with Crippen LogP contribution in [0.15, 0.2) is 21.5 Å². The van der Waals surface area contributed by atoms with Crippen molar-refractivity contribution in [2.75, 3.05) is 18.0 Å². The molecule has 0 aliphatic carbocycles. The molecule has 0 unspecified atom stereocenters. The molecule has 0 spiro atoms. The Bertz CT molecular complexity index is 702. The van der Waals surface area contributed by atoms with Gasteiger partial charge in [0, 0.05) is 24.0 Å². The van der Waals surface area contributed by atoms with Crippen LogP contribution in [-0.4, -0.2) is 27.4 Å². The van der Waals surface area contributed by atoms with Gasteiger partial charge in [-0.05, 0) is 36.5 Å². The Kier molecular flexibility index (Phi) is 5.86. The number of amides is 1. The van der Waals surface area contributed by atoms with Crippen LogP contribution >= 0.6 is 15.9 Å². The lowest BCUT2D eigenvalue weighted by Gasteiger charge is -2.20. The van der Waals surface area contributed by atoms with Crippen molar-refractivity contribution in [2.24, 2.45) is 5.92 Å². The number of hydrogen-bond donors (Lipinski definition) is 1. The number of nitrogens with one attached hydrogen (secondary N) is 1. The van der Waals surface area contributed by atoms with Gasteiger partial charge in [0.2, 0.25) is 15.9 Å². The van der Waals surface area contributed by atoms with Crippen LogP contribution in [0, 0.1) is 5.92 Å². The molecule has 1 heterocycles. The largest absolute Gasteiger partial charge is 0.310 e. The Hall–Kier alpha value is -0.920. The van der Waals surface area contributed by atoms with Gasteiger partial charge in [0.1, 0.15) is 4.90 Å². The number of benzene rings is 1. The second-order valence-corrected chi connectivity index (χ2v) is 8.79. The number of rotatable bonds is 6. The number of anilines is 1. The average molecular weight is 403 g/mol. The summed E-state index contributed by atoms with van der Waals surface area (Å²) in [7, 11) is -3.65. The molecule has 1 aliphatic rings. The molecule has 1 aromatic carbocycles. The molecule has 1 N–H and O–H groups in total. The maximum absolute atomic E-state index is 12.7. The first kappa shape index (κ1) is 18.4. The number of carbonyl (C=O) groups excluding carboxylic acids is 1. The van der Waals surface area contributed by atoms with E-state index in [1.165, 1.54) is 0 Å². The van der Waals surface area contributed by atoms with Gasteiger partial charge in [-0.1, -0.05) is 36.7 Å². The summed E-state index contributed by atoms with van der Waals surface area (Å²) in [5.41, 5.74) is 1.43. The van der Waals surface area contributed by atoms with Gasteiger partial charge in [0.15, 0.2) is 0 Å². The van der Waals surface area contributed by atoms with E-state index in [9.17, 15) is 13.2 Å². The summed E-state index contributed by atoms with van der Waals surface area (Å²) >= 11 is 3.38. The second kappa shape index (κ2) is 7.32. The van der Waals surface area contributed by atoms with E-state index in [4.69, 9.17) is 0 Å². The third kappa shape index (κ3) is 4.14.